The molecule has 0 aliphatic heterocycles. The Morgan fingerprint density at radius 1 is 1.24 bits per heavy atom. The summed E-state index contributed by atoms with van der Waals surface area (Å²) in [4.78, 5) is 16.9. The van der Waals surface area contributed by atoms with Gasteiger partial charge in [-0.15, -0.1) is 0 Å². The van der Waals surface area contributed by atoms with E-state index in [0.717, 1.165) is 31.7 Å². The molecule has 0 spiro atoms. The summed E-state index contributed by atoms with van der Waals surface area (Å²) in [5.41, 5.74) is 0.124. The summed E-state index contributed by atoms with van der Waals surface area (Å²) >= 11 is 0. The Morgan fingerprint density at radius 3 is 2.80 bits per heavy atom. The topological polar surface area (TPSA) is 75.6 Å². The number of hydrogen-bond donors (Lipinski definition) is 2. The van der Waals surface area contributed by atoms with Crippen LogP contribution in [0.1, 0.15) is 46.0 Å². The van der Waals surface area contributed by atoms with Gasteiger partial charge in [0.15, 0.2) is 11.6 Å². The molecule has 1 aliphatic rings. The quantitative estimate of drug-likeness (QED) is 0.719. The third kappa shape index (κ3) is 4.84. The molecule has 0 radical (unpaired) electrons. The molecule has 2 aromatic rings. The number of hydrogen-bond acceptors (Lipinski definition) is 6. The van der Waals surface area contributed by atoms with Crippen LogP contribution in [-0.2, 0) is 0 Å². The van der Waals surface area contributed by atoms with Crippen LogP contribution in [0.25, 0.3) is 11.5 Å². The lowest BCUT2D eigenvalue weighted by Gasteiger charge is -2.16. The first-order valence-electron chi connectivity index (χ1n) is 9.06. The number of anilines is 2. The highest BCUT2D eigenvalue weighted by molar-refractivity contribution is 5.54. The van der Waals surface area contributed by atoms with Crippen LogP contribution in [-0.4, -0.2) is 32.5 Å². The van der Waals surface area contributed by atoms with Crippen LogP contribution in [0.15, 0.2) is 18.5 Å². The molecule has 0 aromatic carbocycles. The Morgan fingerprint density at radius 2 is 2.08 bits per heavy atom. The van der Waals surface area contributed by atoms with E-state index in [-0.39, 0.29) is 17.6 Å². The van der Waals surface area contributed by atoms with Crippen LogP contribution in [0, 0.1) is 11.7 Å². The van der Waals surface area contributed by atoms with Gasteiger partial charge in [0.05, 0.1) is 6.20 Å². The zero-order valence-corrected chi connectivity index (χ0v) is 14.8. The van der Waals surface area contributed by atoms with Gasteiger partial charge in [-0.25, -0.2) is 24.3 Å². The van der Waals surface area contributed by atoms with Gasteiger partial charge in [0.1, 0.15) is 11.5 Å². The van der Waals surface area contributed by atoms with Gasteiger partial charge in [-0.2, -0.15) is 0 Å². The first-order valence-corrected chi connectivity index (χ1v) is 9.06. The molecule has 3 rings (SSSR count). The number of aromatic nitrogens is 4. The molecule has 1 fully saturated rings. The van der Waals surface area contributed by atoms with E-state index in [1.54, 1.807) is 12.3 Å². The maximum absolute atomic E-state index is 14.2. The fraction of sp³-hybridized carbons (Fsp3) is 0.556. The summed E-state index contributed by atoms with van der Waals surface area (Å²) in [7, 11) is 0. The average Bonchev–Trinajstić information content (AvgIpc) is 3.46. The van der Waals surface area contributed by atoms with Crippen LogP contribution in [0.3, 0.4) is 0 Å². The zero-order valence-electron chi connectivity index (χ0n) is 14.8. The van der Waals surface area contributed by atoms with Gasteiger partial charge in [-0.1, -0.05) is 20.3 Å². The van der Waals surface area contributed by atoms with Crippen molar-refractivity contribution in [2.45, 2.75) is 52.0 Å². The van der Waals surface area contributed by atoms with E-state index < -0.39 is 5.82 Å². The minimum Gasteiger partial charge on any atom is -0.370 e. The Bertz CT molecular complexity index is 704. The van der Waals surface area contributed by atoms with E-state index in [1.165, 1.54) is 19.0 Å². The first kappa shape index (κ1) is 17.5. The summed E-state index contributed by atoms with van der Waals surface area (Å²) in [6.45, 7) is 5.13. The summed E-state index contributed by atoms with van der Waals surface area (Å²) < 4.78 is 14.2. The van der Waals surface area contributed by atoms with Gasteiger partial charge in [-0.3, -0.25) is 0 Å². The van der Waals surface area contributed by atoms with E-state index >= 15 is 0 Å². The molecule has 1 saturated carbocycles. The van der Waals surface area contributed by atoms with Crippen molar-refractivity contribution in [2.24, 2.45) is 5.92 Å². The minimum atomic E-state index is -0.520. The number of rotatable bonds is 9. The van der Waals surface area contributed by atoms with E-state index in [2.05, 4.69) is 44.4 Å². The Labute approximate surface area is 147 Å². The number of nitrogens with one attached hydrogen (secondary N) is 2. The molecule has 1 aliphatic carbocycles. The number of halogens is 1. The smallest absolute Gasteiger partial charge is 0.223 e. The fourth-order valence-corrected chi connectivity index (χ4v) is 2.64. The average molecular weight is 344 g/mol. The van der Waals surface area contributed by atoms with Gasteiger partial charge >= 0.3 is 0 Å². The van der Waals surface area contributed by atoms with Gasteiger partial charge in [0.25, 0.3) is 0 Å². The lowest BCUT2D eigenvalue weighted by atomic mass is 10.1. The van der Waals surface area contributed by atoms with Crippen molar-refractivity contribution in [1.29, 1.82) is 0 Å². The molecule has 2 aromatic heterocycles. The normalized spacial score (nSPS) is 15.0. The molecule has 6 nitrogen and oxygen atoms in total. The largest absolute Gasteiger partial charge is 0.370 e. The maximum atomic E-state index is 14.2. The second-order valence-electron chi connectivity index (χ2n) is 6.52. The first-order chi connectivity index (χ1) is 12.2. The van der Waals surface area contributed by atoms with Crippen LogP contribution in [0.5, 0.6) is 0 Å². The summed E-state index contributed by atoms with van der Waals surface area (Å²) in [5, 5.41) is 6.55. The number of nitrogens with zero attached hydrogens (tertiary/aromatic N) is 4. The SMILES string of the molecule is CCC[C@H](CC)Nc1ncc(F)c(-c2nccc(NCC3CC3)n2)n1. The molecule has 2 heterocycles. The highest BCUT2D eigenvalue weighted by Gasteiger charge is 2.21. The standard InChI is InChI=1S/C18H25FN6/c1-3-5-13(4-2)23-18-22-11-14(19)16(25-18)17-20-9-8-15(24-17)21-10-12-6-7-12/h8-9,11-13H,3-7,10H2,1-2H3,(H,20,21,24)(H,22,23,25)/t13-/m0/s1. The molecular weight excluding hydrogens is 319 g/mol. The highest BCUT2D eigenvalue weighted by Crippen LogP contribution is 2.29. The lowest BCUT2D eigenvalue weighted by Crippen LogP contribution is -2.20. The lowest BCUT2D eigenvalue weighted by molar-refractivity contribution is 0.604. The molecule has 0 amide bonds. The van der Waals surface area contributed by atoms with Gasteiger partial charge < -0.3 is 10.6 Å². The minimum absolute atomic E-state index is 0.124. The van der Waals surface area contributed by atoms with Crippen LogP contribution in [0.2, 0.25) is 0 Å². The molecular formula is C18H25FN6. The predicted molar refractivity (Wildman–Crippen MR) is 96.8 cm³/mol. The van der Waals surface area contributed by atoms with Crippen molar-refractivity contribution < 1.29 is 4.39 Å². The second-order valence-corrected chi connectivity index (χ2v) is 6.52. The molecule has 2 N–H and O–H groups in total. The van der Waals surface area contributed by atoms with Crippen molar-refractivity contribution in [3.05, 3.63) is 24.3 Å². The van der Waals surface area contributed by atoms with Crippen molar-refractivity contribution in [3.8, 4) is 11.5 Å². The summed E-state index contributed by atoms with van der Waals surface area (Å²) in [6, 6.07) is 2.06. The monoisotopic (exact) mass is 344 g/mol. The summed E-state index contributed by atoms with van der Waals surface area (Å²) in [6.07, 6.45) is 8.37. The van der Waals surface area contributed by atoms with E-state index in [0.29, 0.717) is 11.8 Å². The van der Waals surface area contributed by atoms with Gasteiger partial charge in [0.2, 0.25) is 5.95 Å². The highest BCUT2D eigenvalue weighted by atomic mass is 19.1. The van der Waals surface area contributed by atoms with Crippen molar-refractivity contribution in [2.75, 3.05) is 17.2 Å². The third-order valence-corrected chi connectivity index (χ3v) is 4.34. The van der Waals surface area contributed by atoms with Gasteiger partial charge in [0, 0.05) is 18.8 Å². The molecule has 0 unspecified atom stereocenters. The molecule has 25 heavy (non-hydrogen) atoms. The Balaban J connectivity index is 1.78. The molecule has 0 bridgehead atoms. The Hall–Kier alpha value is -2.31. The molecule has 134 valence electrons. The Kier molecular flexibility index (Phi) is 5.73. The van der Waals surface area contributed by atoms with Crippen LogP contribution in [0.4, 0.5) is 16.2 Å². The van der Waals surface area contributed by atoms with E-state index in [9.17, 15) is 4.39 Å². The van der Waals surface area contributed by atoms with Crippen molar-refractivity contribution >= 4 is 11.8 Å². The molecule has 1 atom stereocenters. The molecule has 0 saturated heterocycles. The van der Waals surface area contributed by atoms with E-state index in [1.807, 2.05) is 0 Å². The third-order valence-electron chi connectivity index (χ3n) is 4.34. The van der Waals surface area contributed by atoms with Crippen LogP contribution < -0.4 is 10.6 Å². The van der Waals surface area contributed by atoms with Crippen molar-refractivity contribution in [1.82, 2.24) is 19.9 Å². The summed E-state index contributed by atoms with van der Waals surface area (Å²) in [5.74, 6) is 1.59. The van der Waals surface area contributed by atoms with E-state index in [4.69, 9.17) is 0 Å². The maximum Gasteiger partial charge on any atom is 0.223 e. The zero-order chi connectivity index (χ0) is 17.6. The van der Waals surface area contributed by atoms with Crippen molar-refractivity contribution in [3.63, 3.8) is 0 Å². The molecule has 7 heteroatoms. The fourth-order valence-electron chi connectivity index (χ4n) is 2.64. The second kappa shape index (κ2) is 8.18. The van der Waals surface area contributed by atoms with Crippen LogP contribution >= 0.6 is 0 Å². The van der Waals surface area contributed by atoms with Gasteiger partial charge in [-0.05, 0) is 37.7 Å². The predicted octanol–water partition coefficient (Wildman–Crippen LogP) is 3.89.